The van der Waals surface area contributed by atoms with Gasteiger partial charge in [0, 0.05) is 29.9 Å². The van der Waals surface area contributed by atoms with Gasteiger partial charge in [0.2, 0.25) is 0 Å². The van der Waals surface area contributed by atoms with Crippen LogP contribution in [-0.2, 0) is 6.42 Å². The Morgan fingerprint density at radius 3 is 3.29 bits per heavy atom. The minimum atomic E-state index is 0.127. The Hall–Kier alpha value is -0.800. The highest BCUT2D eigenvalue weighted by molar-refractivity contribution is 7.10. The Morgan fingerprint density at radius 1 is 1.64 bits per heavy atom. The van der Waals surface area contributed by atoms with Crippen LogP contribution >= 0.6 is 22.9 Å². The Bertz CT molecular complexity index is 372. The number of rotatable bonds is 2. The summed E-state index contributed by atoms with van der Waals surface area (Å²) < 4.78 is 0. The van der Waals surface area contributed by atoms with Crippen LogP contribution in [-0.4, -0.2) is 23.9 Å². The summed E-state index contributed by atoms with van der Waals surface area (Å²) >= 11 is 7.09. The average Bonchev–Trinajstić information content (AvgIpc) is 2.66. The van der Waals surface area contributed by atoms with Crippen molar-refractivity contribution in [2.75, 3.05) is 13.1 Å². The molecule has 1 amide bonds. The molecule has 2 heterocycles. The van der Waals surface area contributed by atoms with Crippen LogP contribution in [0.15, 0.2) is 23.1 Å². The van der Waals surface area contributed by atoms with E-state index < -0.39 is 0 Å². The molecule has 0 saturated carbocycles. The zero-order chi connectivity index (χ0) is 9.97. The molecule has 14 heavy (non-hydrogen) atoms. The van der Waals surface area contributed by atoms with Gasteiger partial charge in [0.1, 0.15) is 0 Å². The highest BCUT2D eigenvalue weighted by Crippen LogP contribution is 2.23. The van der Waals surface area contributed by atoms with Crippen LogP contribution in [0.5, 0.6) is 0 Å². The number of hydrogen-bond acceptors (Lipinski definition) is 2. The van der Waals surface area contributed by atoms with Crippen molar-refractivity contribution in [2.24, 2.45) is 0 Å². The van der Waals surface area contributed by atoms with E-state index in [9.17, 15) is 4.79 Å². The van der Waals surface area contributed by atoms with Crippen LogP contribution in [0.2, 0.25) is 0 Å². The summed E-state index contributed by atoms with van der Waals surface area (Å²) in [6.07, 6.45) is 2.76. The van der Waals surface area contributed by atoms with Crippen LogP contribution in [0.4, 0.5) is 0 Å². The van der Waals surface area contributed by atoms with Crippen molar-refractivity contribution in [3.8, 4) is 0 Å². The van der Waals surface area contributed by atoms with Crippen molar-refractivity contribution in [1.82, 2.24) is 4.90 Å². The van der Waals surface area contributed by atoms with Crippen LogP contribution in [0.1, 0.15) is 15.2 Å². The van der Waals surface area contributed by atoms with Gasteiger partial charge in [-0.1, -0.05) is 17.7 Å². The van der Waals surface area contributed by atoms with Gasteiger partial charge < -0.3 is 4.90 Å². The third kappa shape index (κ3) is 1.70. The summed E-state index contributed by atoms with van der Waals surface area (Å²) in [6, 6.07) is 1.90. The van der Waals surface area contributed by atoms with Crippen molar-refractivity contribution in [3.05, 3.63) is 33.5 Å². The fourth-order valence-electron chi connectivity index (χ4n) is 1.57. The van der Waals surface area contributed by atoms with Crippen molar-refractivity contribution in [1.29, 1.82) is 0 Å². The molecule has 0 fully saturated rings. The molecular formula is C10H10ClNOS. The van der Waals surface area contributed by atoms with E-state index in [0.29, 0.717) is 6.54 Å². The van der Waals surface area contributed by atoms with Crippen LogP contribution in [0, 0.1) is 0 Å². The molecule has 2 nitrogen and oxygen atoms in total. The van der Waals surface area contributed by atoms with Gasteiger partial charge in [0.15, 0.2) is 0 Å². The van der Waals surface area contributed by atoms with E-state index in [4.69, 9.17) is 11.6 Å². The van der Waals surface area contributed by atoms with Gasteiger partial charge in [-0.05, 0) is 11.4 Å². The van der Waals surface area contributed by atoms with Crippen LogP contribution < -0.4 is 0 Å². The lowest BCUT2D eigenvalue weighted by Crippen LogP contribution is -2.36. The molecule has 0 saturated heterocycles. The number of amides is 1. The fraction of sp³-hybridized carbons (Fsp3) is 0.300. The topological polar surface area (TPSA) is 20.3 Å². The Balaban J connectivity index is 2.17. The van der Waals surface area contributed by atoms with Crippen molar-refractivity contribution >= 4 is 28.8 Å². The first kappa shape index (κ1) is 9.74. The number of carbonyl (C=O) groups excluding carboxylic acids is 1. The second kappa shape index (κ2) is 4.15. The van der Waals surface area contributed by atoms with E-state index >= 15 is 0 Å². The summed E-state index contributed by atoms with van der Waals surface area (Å²) in [7, 11) is 0. The maximum Gasteiger partial charge on any atom is 0.255 e. The van der Waals surface area contributed by atoms with Gasteiger partial charge in [0.25, 0.3) is 5.91 Å². The lowest BCUT2D eigenvalue weighted by Gasteiger charge is -2.25. The normalized spacial score (nSPS) is 16.4. The molecule has 74 valence electrons. The molecule has 0 atom stereocenters. The Labute approximate surface area is 91.8 Å². The summed E-state index contributed by atoms with van der Waals surface area (Å²) in [4.78, 5) is 14.9. The predicted octanol–water partition coefficient (Wildman–Crippen LogP) is 2.50. The first-order valence-electron chi connectivity index (χ1n) is 4.44. The second-order valence-electron chi connectivity index (χ2n) is 3.12. The highest BCUT2D eigenvalue weighted by Gasteiger charge is 2.23. The number of thiophene rings is 1. The molecule has 0 N–H and O–H groups in total. The minimum Gasteiger partial charge on any atom is -0.334 e. The Kier molecular flexibility index (Phi) is 2.89. The molecule has 1 aliphatic rings. The van der Waals surface area contributed by atoms with Crippen LogP contribution in [0.25, 0.3) is 0 Å². The number of carbonyl (C=O) groups is 1. The molecule has 1 aromatic rings. The number of fused-ring (bicyclic) bond motifs is 1. The molecule has 0 radical (unpaired) electrons. The molecule has 1 aliphatic heterocycles. The molecule has 0 spiro atoms. The summed E-state index contributed by atoms with van der Waals surface area (Å²) in [5.41, 5.74) is 2.32. The molecule has 1 aromatic heterocycles. The van der Waals surface area contributed by atoms with Gasteiger partial charge in [-0.2, -0.15) is 0 Å². The summed E-state index contributed by atoms with van der Waals surface area (Å²) in [6.45, 7) is 1.41. The lowest BCUT2D eigenvalue weighted by molar-refractivity contribution is 0.0761. The molecule has 0 bridgehead atoms. The molecule has 0 aliphatic carbocycles. The zero-order valence-corrected chi connectivity index (χ0v) is 9.14. The standard InChI is InChI=1S/C10H10ClNOS/c11-4-1-5-12-6-2-9-8(10(12)13)3-7-14-9/h1,3-4,7H,2,5-6H2/b4-1+. The second-order valence-corrected chi connectivity index (χ2v) is 4.37. The third-order valence-electron chi connectivity index (χ3n) is 2.29. The smallest absolute Gasteiger partial charge is 0.255 e. The highest BCUT2D eigenvalue weighted by atomic mass is 35.5. The van der Waals surface area contributed by atoms with E-state index in [1.165, 1.54) is 10.4 Å². The average molecular weight is 228 g/mol. The third-order valence-corrected chi connectivity index (χ3v) is 3.45. The summed E-state index contributed by atoms with van der Waals surface area (Å²) in [5.74, 6) is 0.127. The number of hydrogen-bond donors (Lipinski definition) is 0. The minimum absolute atomic E-state index is 0.127. The summed E-state index contributed by atoms with van der Waals surface area (Å²) in [5, 5.41) is 1.98. The van der Waals surface area contributed by atoms with Gasteiger partial charge in [-0.25, -0.2) is 0 Å². The van der Waals surface area contributed by atoms with Crippen molar-refractivity contribution in [2.45, 2.75) is 6.42 Å². The largest absolute Gasteiger partial charge is 0.334 e. The van der Waals surface area contributed by atoms with Gasteiger partial charge in [0.05, 0.1) is 5.56 Å². The van der Waals surface area contributed by atoms with Crippen molar-refractivity contribution in [3.63, 3.8) is 0 Å². The van der Waals surface area contributed by atoms with Gasteiger partial charge in [-0.3, -0.25) is 4.79 Å². The fourth-order valence-corrected chi connectivity index (χ4v) is 2.51. The lowest BCUT2D eigenvalue weighted by atomic mass is 10.1. The van der Waals surface area contributed by atoms with Gasteiger partial charge >= 0.3 is 0 Å². The maximum atomic E-state index is 11.8. The molecule has 0 aromatic carbocycles. The molecule has 0 unspecified atom stereocenters. The van der Waals surface area contributed by atoms with E-state index in [1.807, 2.05) is 16.3 Å². The number of halogens is 1. The molecule has 2 rings (SSSR count). The SMILES string of the molecule is O=C1c2ccsc2CCN1C/C=C/Cl. The van der Waals surface area contributed by atoms with E-state index in [1.54, 1.807) is 17.4 Å². The number of nitrogens with zero attached hydrogens (tertiary/aromatic N) is 1. The van der Waals surface area contributed by atoms with Gasteiger partial charge in [-0.15, -0.1) is 11.3 Å². The quantitative estimate of drug-likeness (QED) is 0.760. The first-order chi connectivity index (χ1) is 6.83. The molecule has 4 heteroatoms. The van der Waals surface area contributed by atoms with Crippen molar-refractivity contribution < 1.29 is 4.79 Å². The monoisotopic (exact) mass is 227 g/mol. The maximum absolute atomic E-state index is 11.8. The first-order valence-corrected chi connectivity index (χ1v) is 5.75. The van der Waals surface area contributed by atoms with E-state index in [0.717, 1.165) is 18.5 Å². The van der Waals surface area contributed by atoms with E-state index in [2.05, 4.69) is 0 Å². The predicted molar refractivity (Wildman–Crippen MR) is 58.9 cm³/mol. The molecular weight excluding hydrogens is 218 g/mol. The zero-order valence-electron chi connectivity index (χ0n) is 7.57. The Morgan fingerprint density at radius 2 is 2.50 bits per heavy atom. The van der Waals surface area contributed by atoms with E-state index in [-0.39, 0.29) is 5.91 Å². The van der Waals surface area contributed by atoms with Crippen LogP contribution in [0.3, 0.4) is 0 Å².